The number of rotatable bonds is 3. The van der Waals surface area contributed by atoms with E-state index in [1.165, 1.54) is 9.80 Å². The molecule has 124 valence electrons. The van der Waals surface area contributed by atoms with E-state index in [0.29, 0.717) is 5.56 Å². The lowest BCUT2D eigenvalue weighted by atomic mass is 9.90. The van der Waals surface area contributed by atoms with E-state index >= 15 is 0 Å². The first-order valence-electron chi connectivity index (χ1n) is 7.50. The fourth-order valence-corrected chi connectivity index (χ4v) is 3.16. The third kappa shape index (κ3) is 3.21. The van der Waals surface area contributed by atoms with Crippen LogP contribution in [0.15, 0.2) is 30.3 Å². The van der Waals surface area contributed by atoms with Gasteiger partial charge in [0.05, 0.1) is 6.42 Å². The zero-order chi connectivity index (χ0) is 17.4. The first kappa shape index (κ1) is 17.0. The molecule has 1 aliphatic rings. The molecule has 0 unspecified atom stereocenters. The van der Waals surface area contributed by atoms with Gasteiger partial charge in [0.15, 0.2) is 0 Å². The molecule has 0 radical (unpaired) electrons. The van der Waals surface area contributed by atoms with Gasteiger partial charge in [0, 0.05) is 18.0 Å². The van der Waals surface area contributed by atoms with Crippen molar-refractivity contribution < 1.29 is 19.5 Å². The Balaban J connectivity index is 2.48. The van der Waals surface area contributed by atoms with Crippen molar-refractivity contribution in [1.82, 2.24) is 9.80 Å². The van der Waals surface area contributed by atoms with Gasteiger partial charge in [0.1, 0.15) is 12.2 Å². The SMILES string of the molecule is CN1C(=O)[C@H](CC(=O)O)N(C(=O)c2ccccc2)[C@H]1C(C)(C)C. The standard InChI is InChI=1S/C17H22N2O4/c1-17(2,3)16-18(4)15(23)12(10-13(20)21)19(16)14(22)11-8-6-5-7-9-11/h5-9,12,16H,10H2,1-4H3,(H,20,21)/t12-,16-/m0/s1. The fraction of sp³-hybridized carbons (Fsp3) is 0.471. The van der Waals surface area contributed by atoms with Crippen LogP contribution < -0.4 is 0 Å². The molecule has 0 spiro atoms. The number of hydrogen-bond acceptors (Lipinski definition) is 3. The number of aliphatic carboxylic acids is 1. The Kier molecular flexibility index (Phi) is 4.45. The highest BCUT2D eigenvalue weighted by atomic mass is 16.4. The molecule has 0 aromatic heterocycles. The van der Waals surface area contributed by atoms with Gasteiger partial charge in [-0.1, -0.05) is 39.0 Å². The molecule has 0 saturated carbocycles. The summed E-state index contributed by atoms with van der Waals surface area (Å²) in [6.07, 6.45) is -0.888. The quantitative estimate of drug-likeness (QED) is 0.922. The van der Waals surface area contributed by atoms with Crippen molar-refractivity contribution in [3.63, 3.8) is 0 Å². The van der Waals surface area contributed by atoms with Gasteiger partial charge in [0.2, 0.25) is 5.91 Å². The maximum Gasteiger partial charge on any atom is 0.305 e. The maximum absolute atomic E-state index is 12.9. The first-order chi connectivity index (χ1) is 10.6. The molecule has 2 amide bonds. The predicted octanol–water partition coefficient (Wildman–Crippen LogP) is 1.82. The van der Waals surface area contributed by atoms with Gasteiger partial charge in [-0.15, -0.1) is 0 Å². The Morgan fingerprint density at radius 1 is 1.17 bits per heavy atom. The summed E-state index contributed by atoms with van der Waals surface area (Å²) < 4.78 is 0. The van der Waals surface area contributed by atoms with Crippen LogP contribution >= 0.6 is 0 Å². The van der Waals surface area contributed by atoms with Crippen LogP contribution in [0.5, 0.6) is 0 Å². The number of amides is 2. The van der Waals surface area contributed by atoms with E-state index in [2.05, 4.69) is 0 Å². The summed E-state index contributed by atoms with van der Waals surface area (Å²) in [4.78, 5) is 39.5. The molecular formula is C17H22N2O4. The predicted molar refractivity (Wildman–Crippen MR) is 84.7 cm³/mol. The van der Waals surface area contributed by atoms with Gasteiger partial charge in [-0.3, -0.25) is 14.4 Å². The van der Waals surface area contributed by atoms with E-state index in [-0.39, 0.29) is 11.8 Å². The molecule has 0 aliphatic carbocycles. The lowest BCUT2D eigenvalue weighted by Gasteiger charge is -2.38. The van der Waals surface area contributed by atoms with E-state index < -0.39 is 30.0 Å². The summed E-state index contributed by atoms with van der Waals surface area (Å²) in [5.41, 5.74) is 0.0440. The van der Waals surface area contributed by atoms with Gasteiger partial charge in [0.25, 0.3) is 5.91 Å². The maximum atomic E-state index is 12.9. The van der Waals surface area contributed by atoms with Crippen molar-refractivity contribution in [3.05, 3.63) is 35.9 Å². The van der Waals surface area contributed by atoms with Crippen LogP contribution in [0, 0.1) is 5.41 Å². The van der Waals surface area contributed by atoms with Gasteiger partial charge in [-0.2, -0.15) is 0 Å². The number of carbonyl (C=O) groups is 3. The van der Waals surface area contributed by atoms with Crippen LogP contribution in [0.2, 0.25) is 0 Å². The summed E-state index contributed by atoms with van der Waals surface area (Å²) in [7, 11) is 1.62. The van der Waals surface area contributed by atoms with Crippen LogP contribution in [-0.4, -0.2) is 51.9 Å². The minimum Gasteiger partial charge on any atom is -0.481 e. The van der Waals surface area contributed by atoms with Crippen LogP contribution in [0.25, 0.3) is 0 Å². The van der Waals surface area contributed by atoms with E-state index in [1.807, 2.05) is 20.8 Å². The minimum atomic E-state index is -1.10. The summed E-state index contributed by atoms with van der Waals surface area (Å²) in [6.45, 7) is 5.78. The summed E-state index contributed by atoms with van der Waals surface area (Å²) >= 11 is 0. The molecule has 1 heterocycles. The number of likely N-dealkylation sites (N-methyl/N-ethyl adjacent to an activating group) is 1. The molecule has 2 rings (SSSR count). The van der Waals surface area contributed by atoms with Gasteiger partial charge >= 0.3 is 5.97 Å². The van der Waals surface area contributed by atoms with Crippen molar-refractivity contribution in [3.8, 4) is 0 Å². The third-order valence-electron chi connectivity index (χ3n) is 4.00. The van der Waals surface area contributed by atoms with Crippen molar-refractivity contribution >= 4 is 17.8 Å². The zero-order valence-corrected chi connectivity index (χ0v) is 13.8. The van der Waals surface area contributed by atoms with E-state index in [4.69, 9.17) is 5.11 Å². The molecule has 1 aromatic carbocycles. The Labute approximate surface area is 135 Å². The Hall–Kier alpha value is -2.37. The monoisotopic (exact) mass is 318 g/mol. The second-order valence-corrected chi connectivity index (χ2v) is 6.88. The molecule has 1 aromatic rings. The average Bonchev–Trinajstić information content (AvgIpc) is 2.71. The molecule has 2 atom stereocenters. The molecule has 1 aliphatic heterocycles. The number of carboxylic acid groups (broad SMARTS) is 1. The first-order valence-corrected chi connectivity index (χ1v) is 7.50. The zero-order valence-electron chi connectivity index (χ0n) is 13.8. The normalized spacial score (nSPS) is 21.7. The molecule has 6 heteroatoms. The number of carboxylic acids is 1. The van der Waals surface area contributed by atoms with E-state index in [0.717, 1.165) is 0 Å². The Morgan fingerprint density at radius 3 is 2.22 bits per heavy atom. The van der Waals surface area contributed by atoms with Crippen LogP contribution in [-0.2, 0) is 9.59 Å². The molecule has 23 heavy (non-hydrogen) atoms. The van der Waals surface area contributed by atoms with Crippen LogP contribution in [0.3, 0.4) is 0 Å². The Morgan fingerprint density at radius 2 is 1.74 bits per heavy atom. The van der Waals surface area contributed by atoms with Crippen LogP contribution in [0.4, 0.5) is 0 Å². The molecule has 0 bridgehead atoms. The summed E-state index contributed by atoms with van der Waals surface area (Å²) in [5.74, 6) is -1.76. The molecular weight excluding hydrogens is 296 g/mol. The second kappa shape index (κ2) is 6.02. The molecule has 1 fully saturated rings. The van der Waals surface area contributed by atoms with Gasteiger partial charge in [-0.25, -0.2) is 0 Å². The molecule has 6 nitrogen and oxygen atoms in total. The van der Waals surface area contributed by atoms with Crippen LogP contribution in [0.1, 0.15) is 37.6 Å². The van der Waals surface area contributed by atoms with Crippen molar-refractivity contribution in [1.29, 1.82) is 0 Å². The largest absolute Gasteiger partial charge is 0.481 e. The highest BCUT2D eigenvalue weighted by Crippen LogP contribution is 2.35. The third-order valence-corrected chi connectivity index (χ3v) is 4.00. The number of nitrogens with zero attached hydrogens (tertiary/aromatic N) is 2. The number of hydrogen-bond donors (Lipinski definition) is 1. The highest BCUT2D eigenvalue weighted by Gasteiger charge is 2.51. The topological polar surface area (TPSA) is 77.9 Å². The van der Waals surface area contributed by atoms with Crippen molar-refractivity contribution in [2.75, 3.05) is 7.05 Å². The molecule has 1 saturated heterocycles. The number of benzene rings is 1. The number of carbonyl (C=O) groups excluding carboxylic acids is 2. The molecule has 1 N–H and O–H groups in total. The second-order valence-electron chi connectivity index (χ2n) is 6.88. The summed E-state index contributed by atoms with van der Waals surface area (Å²) in [5, 5.41) is 9.13. The lowest BCUT2D eigenvalue weighted by Crippen LogP contribution is -2.51. The highest BCUT2D eigenvalue weighted by molar-refractivity contribution is 6.00. The summed E-state index contributed by atoms with van der Waals surface area (Å²) in [6, 6.07) is 7.65. The van der Waals surface area contributed by atoms with Crippen molar-refractivity contribution in [2.24, 2.45) is 5.41 Å². The smallest absolute Gasteiger partial charge is 0.305 e. The van der Waals surface area contributed by atoms with E-state index in [9.17, 15) is 14.4 Å². The average molecular weight is 318 g/mol. The fourth-order valence-electron chi connectivity index (χ4n) is 3.16. The van der Waals surface area contributed by atoms with Crippen molar-refractivity contribution in [2.45, 2.75) is 39.4 Å². The minimum absolute atomic E-state index is 0.325. The van der Waals surface area contributed by atoms with Gasteiger partial charge < -0.3 is 14.9 Å². The van der Waals surface area contributed by atoms with Gasteiger partial charge in [-0.05, 0) is 12.1 Å². The van der Waals surface area contributed by atoms with E-state index in [1.54, 1.807) is 37.4 Å². The lowest BCUT2D eigenvalue weighted by molar-refractivity contribution is -0.140. The Bertz CT molecular complexity index is 621.